The van der Waals surface area contributed by atoms with Gasteiger partial charge in [-0.2, -0.15) is 5.26 Å². The first-order chi connectivity index (χ1) is 14.2. The molecule has 2 aliphatic heterocycles. The molecule has 1 aromatic heterocycles. The highest BCUT2D eigenvalue weighted by atomic mass is 16.3. The monoisotopic (exact) mass is 395 g/mol. The number of allylic oxidation sites excluding steroid dienone is 1. The molecule has 0 bridgehead atoms. The van der Waals surface area contributed by atoms with E-state index in [0.29, 0.717) is 12.4 Å². The number of aromatic nitrogens is 3. The Morgan fingerprint density at radius 3 is 2.66 bits per heavy atom. The molecular formula is C21H27N6O2+. The van der Waals surface area contributed by atoms with E-state index in [9.17, 15) is 15.5 Å². The van der Waals surface area contributed by atoms with Crippen LogP contribution in [0.15, 0.2) is 30.0 Å². The molecule has 2 aromatic rings. The zero-order valence-electron chi connectivity index (χ0n) is 16.5. The molecule has 2 aliphatic rings. The van der Waals surface area contributed by atoms with Crippen LogP contribution in [0.1, 0.15) is 30.9 Å². The zero-order chi connectivity index (χ0) is 20.2. The smallest absolute Gasteiger partial charge is 0.178 e. The second kappa shape index (κ2) is 8.53. The van der Waals surface area contributed by atoms with Crippen molar-refractivity contribution in [2.75, 3.05) is 37.6 Å². The number of piperazine rings is 1. The fraction of sp³-hybridized carbons (Fsp3) is 0.476. The largest absolute Gasteiger partial charge is 0.506 e. The van der Waals surface area contributed by atoms with Crippen LogP contribution in [0.5, 0.6) is 5.75 Å². The highest BCUT2D eigenvalue weighted by Gasteiger charge is 2.26. The van der Waals surface area contributed by atoms with E-state index in [0.717, 1.165) is 69.9 Å². The summed E-state index contributed by atoms with van der Waals surface area (Å²) < 4.78 is 1.99. The molecule has 4 rings (SSSR count). The number of nitrogens with zero attached hydrogens (tertiary/aromatic N) is 5. The number of anilines is 1. The number of aromatic hydroxyl groups is 1. The average Bonchev–Trinajstić information content (AvgIpc) is 2.97. The molecule has 1 fully saturated rings. The molecule has 8 heteroatoms. The van der Waals surface area contributed by atoms with Crippen molar-refractivity contribution in [2.45, 2.75) is 32.2 Å². The van der Waals surface area contributed by atoms with Crippen molar-refractivity contribution in [3.63, 3.8) is 0 Å². The van der Waals surface area contributed by atoms with Gasteiger partial charge < -0.3 is 24.6 Å². The lowest BCUT2D eigenvalue weighted by molar-refractivity contribution is -0.897. The molecule has 0 spiro atoms. The van der Waals surface area contributed by atoms with E-state index < -0.39 is 0 Å². The fourth-order valence-corrected chi connectivity index (χ4v) is 4.21. The topological polar surface area (TPSA) is 103 Å². The molecular weight excluding hydrogens is 368 g/mol. The molecule has 0 unspecified atom stereocenters. The number of aryl methyl sites for hydroxylation is 1. The minimum Gasteiger partial charge on any atom is -0.506 e. The summed E-state index contributed by atoms with van der Waals surface area (Å²) in [6, 6.07) is 9.51. The Bertz CT molecular complexity index is 937. The molecule has 3 heterocycles. The number of aliphatic hydroxyl groups excluding tert-OH is 1. The van der Waals surface area contributed by atoms with Crippen molar-refractivity contribution in [1.29, 1.82) is 5.26 Å². The van der Waals surface area contributed by atoms with Gasteiger partial charge in [0.2, 0.25) is 0 Å². The van der Waals surface area contributed by atoms with Crippen LogP contribution < -0.4 is 9.80 Å². The molecule has 0 amide bonds. The summed E-state index contributed by atoms with van der Waals surface area (Å²) in [6.45, 7) is 4.37. The zero-order valence-corrected chi connectivity index (χ0v) is 16.5. The summed E-state index contributed by atoms with van der Waals surface area (Å²) in [5.74, 6) is 1.77. The number of phenols is 1. The van der Waals surface area contributed by atoms with Gasteiger partial charge in [0, 0.05) is 13.0 Å². The standard InChI is InChI=1S/C21H26N6O2/c22-14-16(21-24-23-20-8-2-1-5-9-27(20)21)19(29)15-25-10-12-26(13-11-25)17-6-3-4-7-18(17)28/h3-4,6-7,28-29H,1-2,5,8-13,15H2/p+1/b19-16-. The van der Waals surface area contributed by atoms with Crippen molar-refractivity contribution in [3.8, 4) is 11.8 Å². The van der Waals surface area contributed by atoms with E-state index in [2.05, 4.69) is 21.2 Å². The van der Waals surface area contributed by atoms with Crippen molar-refractivity contribution in [2.24, 2.45) is 0 Å². The van der Waals surface area contributed by atoms with Crippen LogP contribution in [0.4, 0.5) is 5.69 Å². The Balaban J connectivity index is 1.45. The predicted molar refractivity (Wildman–Crippen MR) is 109 cm³/mol. The van der Waals surface area contributed by atoms with Crippen LogP contribution in [0, 0.1) is 11.3 Å². The number of para-hydroxylation sites is 2. The van der Waals surface area contributed by atoms with Crippen LogP contribution in [-0.4, -0.2) is 57.7 Å². The van der Waals surface area contributed by atoms with Crippen molar-refractivity contribution >= 4 is 11.3 Å². The first-order valence-electron chi connectivity index (χ1n) is 10.3. The summed E-state index contributed by atoms with van der Waals surface area (Å²) in [5, 5.41) is 38.9. The van der Waals surface area contributed by atoms with E-state index in [-0.39, 0.29) is 17.1 Å². The van der Waals surface area contributed by atoms with Gasteiger partial charge >= 0.3 is 0 Å². The summed E-state index contributed by atoms with van der Waals surface area (Å²) in [7, 11) is 0. The number of rotatable bonds is 4. The van der Waals surface area contributed by atoms with Crippen LogP contribution in [0.3, 0.4) is 0 Å². The Labute approximate surface area is 170 Å². The van der Waals surface area contributed by atoms with E-state index in [1.54, 1.807) is 6.07 Å². The van der Waals surface area contributed by atoms with E-state index in [4.69, 9.17) is 0 Å². The molecule has 1 saturated heterocycles. The number of benzene rings is 1. The normalized spacial score (nSPS) is 18.5. The van der Waals surface area contributed by atoms with Gasteiger partial charge in [-0.3, -0.25) is 0 Å². The van der Waals surface area contributed by atoms with Gasteiger partial charge in [0.1, 0.15) is 29.8 Å². The number of nitrogens with one attached hydrogen (secondary N) is 1. The predicted octanol–water partition coefficient (Wildman–Crippen LogP) is 0.908. The summed E-state index contributed by atoms with van der Waals surface area (Å²) >= 11 is 0. The number of hydrogen-bond donors (Lipinski definition) is 3. The number of quaternary nitrogens is 1. The van der Waals surface area contributed by atoms with Gasteiger partial charge in [-0.05, 0) is 25.0 Å². The van der Waals surface area contributed by atoms with Gasteiger partial charge in [0.25, 0.3) is 0 Å². The van der Waals surface area contributed by atoms with Crippen LogP contribution in [0.2, 0.25) is 0 Å². The molecule has 1 aromatic carbocycles. The van der Waals surface area contributed by atoms with Gasteiger partial charge in [-0.15, -0.1) is 10.2 Å². The van der Waals surface area contributed by atoms with Crippen molar-refractivity contribution in [1.82, 2.24) is 14.8 Å². The van der Waals surface area contributed by atoms with Gasteiger partial charge in [0.05, 0.1) is 31.9 Å². The molecule has 0 atom stereocenters. The summed E-state index contributed by atoms with van der Waals surface area (Å²) in [6.07, 6.45) is 4.13. The first kappa shape index (κ1) is 19.3. The second-order valence-electron chi connectivity index (χ2n) is 7.74. The second-order valence-corrected chi connectivity index (χ2v) is 7.74. The average molecular weight is 395 g/mol. The molecule has 152 valence electrons. The van der Waals surface area contributed by atoms with Crippen LogP contribution in [-0.2, 0) is 13.0 Å². The van der Waals surface area contributed by atoms with Gasteiger partial charge in [0.15, 0.2) is 11.6 Å². The molecule has 3 N–H and O–H groups in total. The number of nitriles is 1. The lowest BCUT2D eigenvalue weighted by Gasteiger charge is -2.33. The number of hydrogen-bond acceptors (Lipinski definition) is 6. The number of phenolic OH excluding ortho intramolecular Hbond substituents is 1. The third-order valence-corrected chi connectivity index (χ3v) is 5.84. The third-order valence-electron chi connectivity index (χ3n) is 5.84. The molecule has 8 nitrogen and oxygen atoms in total. The minimum absolute atomic E-state index is 0.0814. The summed E-state index contributed by atoms with van der Waals surface area (Å²) in [5.41, 5.74) is 1.08. The van der Waals surface area contributed by atoms with E-state index >= 15 is 0 Å². The maximum atomic E-state index is 10.7. The lowest BCUT2D eigenvalue weighted by atomic mass is 10.2. The molecule has 0 saturated carbocycles. The third kappa shape index (κ3) is 4.05. The van der Waals surface area contributed by atoms with Crippen LogP contribution >= 0.6 is 0 Å². The maximum Gasteiger partial charge on any atom is 0.178 e. The fourth-order valence-electron chi connectivity index (χ4n) is 4.21. The summed E-state index contributed by atoms with van der Waals surface area (Å²) in [4.78, 5) is 3.36. The Morgan fingerprint density at radius 2 is 1.90 bits per heavy atom. The van der Waals surface area contributed by atoms with Crippen molar-refractivity contribution in [3.05, 3.63) is 41.7 Å². The highest BCUT2D eigenvalue weighted by molar-refractivity contribution is 5.74. The quantitative estimate of drug-likeness (QED) is 0.525. The molecule has 0 radical (unpaired) electrons. The highest BCUT2D eigenvalue weighted by Crippen LogP contribution is 2.26. The van der Waals surface area contributed by atoms with Crippen molar-refractivity contribution < 1.29 is 15.1 Å². The lowest BCUT2D eigenvalue weighted by Crippen LogP contribution is -3.15. The Morgan fingerprint density at radius 1 is 1.10 bits per heavy atom. The van der Waals surface area contributed by atoms with E-state index in [1.165, 1.54) is 4.90 Å². The SMILES string of the molecule is N#C/C(=C(/O)C[NH+]1CCN(c2ccccc2O)CC1)c1nnc2n1CCCCC2. The van der Waals surface area contributed by atoms with Gasteiger partial charge in [-0.25, -0.2) is 0 Å². The number of aliphatic hydroxyl groups is 1. The van der Waals surface area contributed by atoms with E-state index in [1.807, 2.05) is 22.8 Å². The Hall–Kier alpha value is -3.05. The molecule has 0 aliphatic carbocycles. The maximum absolute atomic E-state index is 10.7. The molecule has 29 heavy (non-hydrogen) atoms. The minimum atomic E-state index is 0.0814. The van der Waals surface area contributed by atoms with Crippen LogP contribution in [0.25, 0.3) is 5.57 Å². The van der Waals surface area contributed by atoms with Gasteiger partial charge in [-0.1, -0.05) is 18.6 Å². The number of fused-ring (bicyclic) bond motifs is 1. The first-order valence-corrected chi connectivity index (χ1v) is 10.3. The Kier molecular flexibility index (Phi) is 5.67.